The van der Waals surface area contributed by atoms with Crippen LogP contribution >= 0.6 is 0 Å². The Hall–Kier alpha value is -5.38. The van der Waals surface area contributed by atoms with Crippen LogP contribution in [-0.4, -0.2) is 47.4 Å². The third kappa shape index (κ3) is 8.56. The summed E-state index contributed by atoms with van der Waals surface area (Å²) in [7, 11) is 1.60. The van der Waals surface area contributed by atoms with Gasteiger partial charge in [0.25, 0.3) is 5.91 Å². The molecule has 0 atom stereocenters. The zero-order chi connectivity index (χ0) is 31.0. The van der Waals surface area contributed by atoms with Gasteiger partial charge < -0.3 is 19.9 Å². The smallest absolute Gasteiger partial charge is 0.413 e. The highest BCUT2D eigenvalue weighted by molar-refractivity contribution is 6.08. The molecule has 0 fully saturated rings. The molecule has 0 radical (unpaired) electrons. The Morgan fingerprint density at radius 1 is 0.860 bits per heavy atom. The second-order valence-corrected chi connectivity index (χ2v) is 10.6. The minimum absolute atomic E-state index is 0.124. The molecule has 0 aliphatic heterocycles. The van der Waals surface area contributed by atoms with Crippen LogP contribution in [0.3, 0.4) is 0 Å². The molecule has 10 heteroatoms. The number of pyridine rings is 1. The first-order valence-corrected chi connectivity index (χ1v) is 13.6. The molecule has 1 heterocycles. The highest BCUT2D eigenvalue weighted by Gasteiger charge is 2.18. The van der Waals surface area contributed by atoms with Crippen molar-refractivity contribution in [2.24, 2.45) is 0 Å². The van der Waals surface area contributed by atoms with Crippen molar-refractivity contribution >= 4 is 35.3 Å². The quantitative estimate of drug-likeness (QED) is 0.192. The minimum atomic E-state index is -1.13. The van der Waals surface area contributed by atoms with Crippen molar-refractivity contribution in [3.63, 3.8) is 0 Å². The first-order valence-electron chi connectivity index (χ1n) is 13.6. The van der Waals surface area contributed by atoms with E-state index in [9.17, 15) is 19.5 Å². The third-order valence-corrected chi connectivity index (χ3v) is 6.27. The number of amides is 3. The van der Waals surface area contributed by atoms with Gasteiger partial charge in [-0.1, -0.05) is 36.4 Å². The van der Waals surface area contributed by atoms with Crippen molar-refractivity contribution in [1.29, 1.82) is 0 Å². The Morgan fingerprint density at radius 2 is 1.56 bits per heavy atom. The van der Waals surface area contributed by atoms with Crippen molar-refractivity contribution in [2.45, 2.75) is 32.8 Å². The summed E-state index contributed by atoms with van der Waals surface area (Å²) in [5.74, 6) is 0.739. The second-order valence-electron chi connectivity index (χ2n) is 10.6. The van der Waals surface area contributed by atoms with Gasteiger partial charge in [0.05, 0.1) is 7.11 Å². The van der Waals surface area contributed by atoms with E-state index in [1.165, 1.54) is 4.90 Å². The number of hydrogen-bond acceptors (Lipinski definition) is 6. The average Bonchev–Trinajstić information content (AvgIpc) is 2.97. The minimum Gasteiger partial charge on any atom is -0.497 e. The molecule has 4 aromatic rings. The molecule has 0 unspecified atom stereocenters. The first-order chi connectivity index (χ1) is 20.5. The zero-order valence-electron chi connectivity index (χ0n) is 24.5. The number of aromatic nitrogens is 1. The molecule has 4 rings (SSSR count). The summed E-state index contributed by atoms with van der Waals surface area (Å²) < 4.78 is 10.5. The van der Waals surface area contributed by atoms with Crippen molar-refractivity contribution < 1.29 is 29.0 Å². The summed E-state index contributed by atoms with van der Waals surface area (Å²) in [6.07, 6.45) is -1.45. The highest BCUT2D eigenvalue weighted by Crippen LogP contribution is 2.27. The van der Waals surface area contributed by atoms with Crippen LogP contribution in [0.25, 0.3) is 11.1 Å². The molecule has 0 saturated carbocycles. The number of rotatable bonds is 9. The molecule has 43 heavy (non-hydrogen) atoms. The number of ether oxygens (including phenoxy) is 2. The zero-order valence-corrected chi connectivity index (χ0v) is 24.5. The summed E-state index contributed by atoms with van der Waals surface area (Å²) in [5, 5.41) is 15.4. The molecule has 1 aromatic heterocycles. The van der Waals surface area contributed by atoms with Crippen LogP contribution in [0.5, 0.6) is 5.75 Å². The Kier molecular flexibility index (Phi) is 9.61. The lowest BCUT2D eigenvalue weighted by atomic mass is 9.99. The molecule has 3 aromatic carbocycles. The van der Waals surface area contributed by atoms with Gasteiger partial charge in [-0.15, -0.1) is 0 Å². The molecule has 3 N–H and O–H groups in total. The van der Waals surface area contributed by atoms with Crippen LogP contribution in [0, 0.1) is 0 Å². The van der Waals surface area contributed by atoms with E-state index in [-0.39, 0.29) is 12.5 Å². The van der Waals surface area contributed by atoms with Crippen LogP contribution in [0.4, 0.5) is 26.8 Å². The maximum atomic E-state index is 13.2. The summed E-state index contributed by atoms with van der Waals surface area (Å²) in [6.45, 7) is 5.42. The molecule has 0 saturated heterocycles. The predicted molar refractivity (Wildman–Crippen MR) is 166 cm³/mol. The van der Waals surface area contributed by atoms with Gasteiger partial charge in [-0.2, -0.15) is 0 Å². The lowest BCUT2D eigenvalue weighted by Crippen LogP contribution is -2.31. The topological polar surface area (TPSA) is 130 Å². The molecule has 222 valence electrons. The van der Waals surface area contributed by atoms with E-state index in [1.54, 1.807) is 82.5 Å². The lowest BCUT2D eigenvalue weighted by Gasteiger charge is -2.20. The fourth-order valence-corrected chi connectivity index (χ4v) is 4.28. The van der Waals surface area contributed by atoms with Gasteiger partial charge in [-0.25, -0.2) is 14.6 Å². The summed E-state index contributed by atoms with van der Waals surface area (Å²) >= 11 is 0. The number of nitrogens with zero attached hydrogens (tertiary/aromatic N) is 2. The SMILES string of the molecule is COc1ccc(-c2ccccc2C(=O)Nc2ccc(N(CCc3cccc(NC(=O)OC(C)(C)C)n3)C(=O)O)cc2)cc1. The van der Waals surface area contributed by atoms with Gasteiger partial charge in [0.1, 0.15) is 17.2 Å². The van der Waals surface area contributed by atoms with Gasteiger partial charge in [-0.3, -0.25) is 15.0 Å². The maximum Gasteiger partial charge on any atom is 0.413 e. The number of carbonyl (C=O) groups excluding carboxylic acids is 2. The van der Waals surface area contributed by atoms with Crippen molar-refractivity contribution in [3.05, 3.63) is 102 Å². The van der Waals surface area contributed by atoms with E-state index in [0.29, 0.717) is 34.9 Å². The van der Waals surface area contributed by atoms with Gasteiger partial charge >= 0.3 is 12.2 Å². The van der Waals surface area contributed by atoms with Crippen LogP contribution in [0.2, 0.25) is 0 Å². The molecule has 3 amide bonds. The van der Waals surface area contributed by atoms with Gasteiger partial charge in [0, 0.05) is 35.6 Å². The van der Waals surface area contributed by atoms with Gasteiger partial charge in [0.15, 0.2) is 0 Å². The van der Waals surface area contributed by atoms with E-state index in [0.717, 1.165) is 16.9 Å². The van der Waals surface area contributed by atoms with Crippen LogP contribution in [0.15, 0.2) is 91.0 Å². The van der Waals surface area contributed by atoms with Crippen LogP contribution in [0.1, 0.15) is 36.8 Å². The summed E-state index contributed by atoms with van der Waals surface area (Å²) in [5.41, 5.74) is 3.05. The van der Waals surface area contributed by atoms with E-state index in [1.807, 2.05) is 36.4 Å². The average molecular weight is 583 g/mol. The van der Waals surface area contributed by atoms with Crippen molar-refractivity contribution in [3.8, 4) is 16.9 Å². The summed E-state index contributed by atoms with van der Waals surface area (Å²) in [6, 6.07) is 26.4. The standard InChI is InChI=1S/C33H34N4O6/c1-33(2,3)43-31(39)36-29-11-7-8-23(34-29)20-21-37(32(40)41)25-16-14-24(15-17-25)35-30(38)28-10-6-5-9-27(28)22-12-18-26(42-4)19-13-22/h5-19H,20-21H2,1-4H3,(H,35,38)(H,40,41)(H,34,36,39). The number of benzene rings is 3. The van der Waals surface area contributed by atoms with E-state index in [2.05, 4.69) is 15.6 Å². The number of anilines is 3. The summed E-state index contributed by atoms with van der Waals surface area (Å²) in [4.78, 5) is 42.9. The molecular weight excluding hydrogens is 548 g/mol. The van der Waals surface area contributed by atoms with E-state index in [4.69, 9.17) is 9.47 Å². The number of carbonyl (C=O) groups is 3. The van der Waals surface area contributed by atoms with Gasteiger partial charge in [0.2, 0.25) is 0 Å². The fraction of sp³-hybridized carbons (Fsp3) is 0.212. The first kappa shape index (κ1) is 30.6. The second kappa shape index (κ2) is 13.5. The molecule has 10 nitrogen and oxygen atoms in total. The molecule has 0 spiro atoms. The number of carboxylic acid groups (broad SMARTS) is 1. The third-order valence-electron chi connectivity index (χ3n) is 6.27. The van der Waals surface area contributed by atoms with E-state index >= 15 is 0 Å². The number of methoxy groups -OCH3 is 1. The largest absolute Gasteiger partial charge is 0.497 e. The fourth-order valence-electron chi connectivity index (χ4n) is 4.28. The predicted octanol–water partition coefficient (Wildman–Crippen LogP) is 7.08. The molecule has 0 bridgehead atoms. The normalized spacial score (nSPS) is 10.9. The maximum absolute atomic E-state index is 13.2. The van der Waals surface area contributed by atoms with Crippen molar-refractivity contribution in [2.75, 3.05) is 29.2 Å². The Balaban J connectivity index is 1.41. The lowest BCUT2D eigenvalue weighted by molar-refractivity contribution is 0.0635. The Labute approximate surface area is 250 Å². The Morgan fingerprint density at radius 3 is 2.21 bits per heavy atom. The molecule has 0 aliphatic carbocycles. The monoisotopic (exact) mass is 582 g/mol. The van der Waals surface area contributed by atoms with Crippen molar-refractivity contribution in [1.82, 2.24) is 4.98 Å². The molecule has 0 aliphatic rings. The Bertz CT molecular complexity index is 1580. The highest BCUT2D eigenvalue weighted by atomic mass is 16.6. The van der Waals surface area contributed by atoms with Gasteiger partial charge in [-0.05, 0) is 86.5 Å². The van der Waals surface area contributed by atoms with Crippen LogP contribution in [-0.2, 0) is 11.2 Å². The number of hydrogen-bond donors (Lipinski definition) is 3. The molecular formula is C33H34N4O6. The number of nitrogens with one attached hydrogen (secondary N) is 2. The van der Waals surface area contributed by atoms with E-state index < -0.39 is 17.8 Å². The van der Waals surface area contributed by atoms with Crippen LogP contribution < -0.4 is 20.3 Å².